The monoisotopic (exact) mass is 489 g/mol. The molecule has 4 bridgehead atoms. The fourth-order valence-electron chi connectivity index (χ4n) is 8.33. The molecule has 190 valence electrons. The normalized spacial score (nSPS) is 34.3. The molecule has 8 heteroatoms. The first-order chi connectivity index (χ1) is 17.3. The van der Waals surface area contributed by atoms with Crippen LogP contribution in [0.15, 0.2) is 12.3 Å². The van der Waals surface area contributed by atoms with Crippen LogP contribution >= 0.6 is 0 Å². The molecule has 8 rings (SSSR count). The summed E-state index contributed by atoms with van der Waals surface area (Å²) in [7, 11) is 4.03. The van der Waals surface area contributed by atoms with Gasteiger partial charge in [0.2, 0.25) is 5.78 Å². The number of likely N-dealkylation sites (N-methyl/N-ethyl adjacent to an activating group) is 1. The molecule has 4 saturated carbocycles. The van der Waals surface area contributed by atoms with Crippen LogP contribution in [0.2, 0.25) is 0 Å². The Bertz CT molecular complexity index is 1280. The Morgan fingerprint density at radius 3 is 2.67 bits per heavy atom. The smallest absolute Gasteiger partial charge is 0.290 e. The molecule has 6 aliphatic rings. The van der Waals surface area contributed by atoms with Gasteiger partial charge in [0.1, 0.15) is 0 Å². The zero-order valence-corrected chi connectivity index (χ0v) is 21.2. The zero-order chi connectivity index (χ0) is 24.8. The van der Waals surface area contributed by atoms with Crippen molar-refractivity contribution >= 4 is 28.7 Å². The van der Waals surface area contributed by atoms with Crippen LogP contribution in [-0.2, 0) is 22.4 Å². The predicted molar refractivity (Wildman–Crippen MR) is 135 cm³/mol. The molecule has 0 aromatic carbocycles. The number of ketones is 1. The maximum atomic E-state index is 13.2. The number of carbonyl (C=O) groups excluding carboxylic acids is 2. The first-order valence-electron chi connectivity index (χ1n) is 13.6. The number of aliphatic hydroxyl groups is 1. The number of carbonyl (C=O) groups is 2. The van der Waals surface area contributed by atoms with Crippen molar-refractivity contribution in [1.29, 1.82) is 0 Å². The van der Waals surface area contributed by atoms with E-state index >= 15 is 0 Å². The van der Waals surface area contributed by atoms with Crippen LogP contribution in [0.1, 0.15) is 61.5 Å². The van der Waals surface area contributed by atoms with Crippen molar-refractivity contribution < 1.29 is 14.7 Å². The summed E-state index contributed by atoms with van der Waals surface area (Å²) in [5.74, 6) is 0.625. The standard InChI is InChI=1S/C28H35N5O3/c1-31(2)19-6-7-32(15-19)27(35)24(34)10-23-21-14-29-22-5-3-4-20(22)26(21)33(30-23)25-17-8-16-9-18(25)13-28(36,11-16)12-17/h3-4,14,16-19,25,36H,5-13,15H2,1-2H3/t16?,17-,18+,19-,25?,28?/m0/s1. The minimum absolute atomic E-state index is 0.00423. The third kappa shape index (κ3) is 3.40. The second-order valence-electron chi connectivity index (χ2n) is 12.3. The van der Waals surface area contributed by atoms with Crippen LogP contribution in [0.25, 0.3) is 17.0 Å². The number of aromatic nitrogens is 3. The van der Waals surface area contributed by atoms with Crippen LogP contribution in [0, 0.1) is 17.8 Å². The molecule has 0 radical (unpaired) electrons. The number of Topliss-reactive ketones (excluding diaryl/α,β-unsaturated/α-hetero) is 1. The van der Waals surface area contributed by atoms with Gasteiger partial charge in [0, 0.05) is 42.7 Å². The van der Waals surface area contributed by atoms with Gasteiger partial charge in [0.25, 0.3) is 5.91 Å². The predicted octanol–water partition coefficient (Wildman–Crippen LogP) is 2.39. The molecule has 1 saturated heterocycles. The number of rotatable bonds is 5. The molecule has 0 spiro atoms. The van der Waals surface area contributed by atoms with Gasteiger partial charge in [0.05, 0.1) is 35.0 Å². The molecule has 2 aromatic heterocycles. The number of likely N-dealkylation sites (tertiary alicyclic amines) is 1. The van der Waals surface area contributed by atoms with Crippen molar-refractivity contribution in [1.82, 2.24) is 24.6 Å². The summed E-state index contributed by atoms with van der Waals surface area (Å²) in [5, 5.41) is 17.1. The van der Waals surface area contributed by atoms with Gasteiger partial charge in [-0.2, -0.15) is 5.10 Å². The van der Waals surface area contributed by atoms with Gasteiger partial charge in [-0.15, -0.1) is 0 Å². The first kappa shape index (κ1) is 22.6. The van der Waals surface area contributed by atoms with Crippen molar-refractivity contribution in [3.05, 3.63) is 29.2 Å². The number of allylic oxidation sites excluding steroid dienone is 1. The number of nitrogens with zero attached hydrogens (tertiary/aromatic N) is 5. The number of hydrogen-bond acceptors (Lipinski definition) is 6. The van der Waals surface area contributed by atoms with E-state index in [4.69, 9.17) is 10.1 Å². The van der Waals surface area contributed by atoms with Gasteiger partial charge in [0.15, 0.2) is 0 Å². The molecule has 8 nitrogen and oxygen atoms in total. The lowest BCUT2D eigenvalue weighted by Gasteiger charge is -2.58. The van der Waals surface area contributed by atoms with E-state index in [0.29, 0.717) is 42.6 Å². The van der Waals surface area contributed by atoms with Crippen LogP contribution < -0.4 is 0 Å². The molecular formula is C28H35N5O3. The Morgan fingerprint density at radius 2 is 1.97 bits per heavy atom. The summed E-state index contributed by atoms with van der Waals surface area (Å²) >= 11 is 0. The van der Waals surface area contributed by atoms with Gasteiger partial charge in [-0.05, 0) is 70.4 Å². The van der Waals surface area contributed by atoms with Crippen LogP contribution in [0.3, 0.4) is 0 Å². The van der Waals surface area contributed by atoms with Crippen molar-refractivity contribution in [3.8, 4) is 0 Å². The zero-order valence-electron chi connectivity index (χ0n) is 21.2. The SMILES string of the molecule is CN(C)[C@H]1CCN(C(=O)C(=O)Cc2nn(C3[C@@H]4CC5C[C@H]3CC(O)(C5)C4)c3c4c(ncc23)CC=C4)C1. The summed E-state index contributed by atoms with van der Waals surface area (Å²) < 4.78 is 2.19. The Hall–Kier alpha value is -2.58. The van der Waals surface area contributed by atoms with Gasteiger partial charge in [-0.25, -0.2) is 0 Å². The Balaban J connectivity index is 1.24. The summed E-state index contributed by atoms with van der Waals surface area (Å²) in [6.07, 6.45) is 12.7. The molecule has 5 fully saturated rings. The third-order valence-corrected chi connectivity index (χ3v) is 9.76. The van der Waals surface area contributed by atoms with Crippen molar-refractivity contribution in [2.75, 3.05) is 27.2 Å². The minimum Gasteiger partial charge on any atom is -0.390 e. The number of fused-ring (bicyclic) bond motifs is 3. The number of hydrogen-bond donors (Lipinski definition) is 1. The number of amides is 1. The summed E-state index contributed by atoms with van der Waals surface area (Å²) in [5.41, 5.74) is 3.36. The van der Waals surface area contributed by atoms with Crippen molar-refractivity contribution in [3.63, 3.8) is 0 Å². The second kappa shape index (κ2) is 7.96. The van der Waals surface area contributed by atoms with E-state index in [1.165, 1.54) is 0 Å². The average molecular weight is 490 g/mol. The van der Waals surface area contributed by atoms with Crippen LogP contribution in [-0.4, -0.2) is 80.2 Å². The molecule has 36 heavy (non-hydrogen) atoms. The van der Waals surface area contributed by atoms with Gasteiger partial charge >= 0.3 is 0 Å². The van der Waals surface area contributed by atoms with E-state index in [-0.39, 0.29) is 12.5 Å². The topological polar surface area (TPSA) is 91.6 Å². The second-order valence-corrected chi connectivity index (χ2v) is 12.3. The Kier molecular flexibility index (Phi) is 5.00. The highest BCUT2D eigenvalue weighted by Crippen LogP contribution is 2.60. The fraction of sp³-hybridized carbons (Fsp3) is 0.643. The van der Waals surface area contributed by atoms with Crippen LogP contribution in [0.4, 0.5) is 0 Å². The van der Waals surface area contributed by atoms with Crippen molar-refractivity contribution in [2.45, 2.75) is 69.1 Å². The van der Waals surface area contributed by atoms with Gasteiger partial charge in [-0.3, -0.25) is 19.3 Å². The molecular weight excluding hydrogens is 454 g/mol. The lowest BCUT2D eigenvalue weighted by molar-refractivity contribution is -0.148. The minimum atomic E-state index is -0.509. The van der Waals surface area contributed by atoms with E-state index in [2.05, 4.69) is 21.7 Å². The maximum absolute atomic E-state index is 13.2. The van der Waals surface area contributed by atoms with Gasteiger partial charge in [-0.1, -0.05) is 12.2 Å². The maximum Gasteiger partial charge on any atom is 0.290 e. The van der Waals surface area contributed by atoms with Crippen LogP contribution in [0.5, 0.6) is 0 Å². The van der Waals surface area contributed by atoms with E-state index < -0.39 is 17.3 Å². The lowest BCUT2D eigenvalue weighted by Crippen LogP contribution is -2.55. The van der Waals surface area contributed by atoms with E-state index in [1.54, 1.807) is 4.90 Å². The largest absolute Gasteiger partial charge is 0.390 e. The summed E-state index contributed by atoms with van der Waals surface area (Å²) in [4.78, 5) is 34.8. The molecule has 5 aliphatic carbocycles. The fourth-order valence-corrected chi connectivity index (χ4v) is 8.33. The lowest BCUT2D eigenvalue weighted by atomic mass is 9.52. The number of pyridine rings is 1. The molecule has 6 atom stereocenters. The van der Waals surface area contributed by atoms with Gasteiger partial charge < -0.3 is 14.9 Å². The molecule has 1 aliphatic heterocycles. The third-order valence-electron chi connectivity index (χ3n) is 9.76. The Labute approximate surface area is 211 Å². The first-order valence-corrected chi connectivity index (χ1v) is 13.6. The molecule has 3 heterocycles. The van der Waals surface area contributed by atoms with E-state index in [1.807, 2.05) is 20.3 Å². The molecule has 2 aromatic rings. The highest BCUT2D eigenvalue weighted by Gasteiger charge is 2.56. The highest BCUT2D eigenvalue weighted by atomic mass is 16.3. The quantitative estimate of drug-likeness (QED) is 0.649. The Morgan fingerprint density at radius 1 is 1.19 bits per heavy atom. The molecule has 1 amide bonds. The average Bonchev–Trinajstić information content (AvgIpc) is 3.56. The van der Waals surface area contributed by atoms with Crippen molar-refractivity contribution in [2.24, 2.45) is 17.8 Å². The van der Waals surface area contributed by atoms with E-state index in [0.717, 1.165) is 67.1 Å². The summed E-state index contributed by atoms with van der Waals surface area (Å²) in [6.45, 7) is 1.22. The molecule has 3 unspecified atom stereocenters. The van der Waals surface area contributed by atoms with E-state index in [9.17, 15) is 14.7 Å². The molecule has 1 N–H and O–H groups in total. The summed E-state index contributed by atoms with van der Waals surface area (Å²) in [6, 6.07) is 0.524. The highest BCUT2D eigenvalue weighted by molar-refractivity contribution is 6.36.